The molecule has 0 aliphatic heterocycles. The predicted octanol–water partition coefficient (Wildman–Crippen LogP) is 3.20. The van der Waals surface area contributed by atoms with Crippen LogP contribution < -0.4 is 0 Å². The number of hydrogen-bond donors (Lipinski definition) is 1. The van der Waals surface area contributed by atoms with E-state index in [4.69, 9.17) is 8.85 Å². The van der Waals surface area contributed by atoms with Crippen molar-refractivity contribution in [2.24, 2.45) is 40.9 Å². The number of hydrogen-bond acceptors (Lipinski definition) is 6. The summed E-state index contributed by atoms with van der Waals surface area (Å²) in [6.07, 6.45) is 9.35. The second kappa shape index (κ2) is 7.91. The summed E-state index contributed by atoms with van der Waals surface area (Å²) in [7, 11) is 1.67. The zero-order valence-corrected chi connectivity index (χ0v) is 18.8. The molecule has 4 aliphatic rings. The van der Waals surface area contributed by atoms with Gasteiger partial charge in [0, 0.05) is 17.1 Å². The fraction of sp³-hybridized carbons (Fsp3) is 0.917. The van der Waals surface area contributed by atoms with E-state index < -0.39 is 12.5 Å². The normalized spacial score (nSPS) is 46.2. The minimum absolute atomic E-state index is 0.00701. The van der Waals surface area contributed by atoms with E-state index in [-0.39, 0.29) is 29.5 Å². The summed E-state index contributed by atoms with van der Waals surface area (Å²) in [6, 6.07) is 0. The molecule has 0 spiro atoms. The van der Waals surface area contributed by atoms with E-state index in [0.29, 0.717) is 36.2 Å². The number of nitrogens with zero attached hydrogens (tertiary/aromatic N) is 4. The second-order valence-corrected chi connectivity index (χ2v) is 11.1. The van der Waals surface area contributed by atoms with Crippen LogP contribution in [0.5, 0.6) is 0 Å². The lowest BCUT2D eigenvalue weighted by atomic mass is 9.49. The molecule has 4 saturated carbocycles. The summed E-state index contributed by atoms with van der Waals surface area (Å²) in [5.74, 6) is 2.97. The molecule has 1 aromatic heterocycles. The van der Waals surface area contributed by atoms with E-state index in [2.05, 4.69) is 22.3 Å². The first kappa shape index (κ1) is 18.1. The maximum atomic E-state index is 13.3. The molecule has 0 saturated heterocycles. The molecule has 8 atom stereocenters. The van der Waals surface area contributed by atoms with Crippen LogP contribution in [0.25, 0.3) is 0 Å². The van der Waals surface area contributed by atoms with Crippen LogP contribution in [-0.2, 0) is 16.1 Å². The third-order valence-corrected chi connectivity index (χ3v) is 9.66. The first-order valence-corrected chi connectivity index (χ1v) is 12.1. The van der Waals surface area contributed by atoms with Gasteiger partial charge in [0.1, 0.15) is 6.54 Å². The molecule has 0 bridgehead atoms. The zero-order valence-electron chi connectivity index (χ0n) is 21.8. The van der Waals surface area contributed by atoms with Gasteiger partial charge in [-0.15, -0.1) is 10.2 Å². The Morgan fingerprint density at radius 2 is 2.03 bits per heavy atom. The summed E-state index contributed by atoms with van der Waals surface area (Å²) < 4.78 is 27.6. The van der Waals surface area contributed by atoms with Crippen LogP contribution in [0.15, 0.2) is 0 Å². The summed E-state index contributed by atoms with van der Waals surface area (Å²) in [5.41, 5.74) is -0.671. The number of aromatic nitrogens is 4. The average Bonchev–Trinajstić information content (AvgIpc) is 3.37. The van der Waals surface area contributed by atoms with E-state index in [1.165, 1.54) is 12.8 Å². The molecule has 1 aromatic rings. The quantitative estimate of drug-likeness (QED) is 0.767. The number of ketones is 1. The van der Waals surface area contributed by atoms with Gasteiger partial charge in [-0.1, -0.05) is 6.92 Å². The van der Waals surface area contributed by atoms with Crippen LogP contribution in [0, 0.1) is 47.8 Å². The molecule has 1 N–H and O–H groups in total. The van der Waals surface area contributed by atoms with E-state index in [1.54, 1.807) is 7.11 Å². The van der Waals surface area contributed by atoms with Crippen LogP contribution in [0.1, 0.15) is 74.6 Å². The molecule has 31 heavy (non-hydrogen) atoms. The van der Waals surface area contributed by atoms with Gasteiger partial charge < -0.3 is 9.84 Å². The summed E-state index contributed by atoms with van der Waals surface area (Å²) in [4.78, 5) is 14.5. The largest absolute Gasteiger partial charge is 0.387 e. The van der Waals surface area contributed by atoms with Crippen LogP contribution in [0.2, 0.25) is 0 Å². The Morgan fingerprint density at radius 3 is 2.81 bits per heavy atom. The van der Waals surface area contributed by atoms with Crippen molar-refractivity contribution in [1.82, 2.24) is 20.2 Å². The second-order valence-electron chi connectivity index (χ2n) is 11.1. The first-order chi connectivity index (χ1) is 16.0. The topological polar surface area (TPSA) is 90.1 Å². The molecular formula is C24H38N4O3. The standard InChI is InChI=1S/C24H38N4O3/c1-15-25-27-28(26-15)13-22(29)21-7-6-20-19-5-4-16-12-24(30,14-31-3)11-9-17(16)18(19)8-10-23(20,21)2/h16-21,30H,4-14H2,1-3H3/t16-,17-,18+,19+,20-,21+,23-,24+/m0/s1/i1D3. The van der Waals surface area contributed by atoms with Crippen molar-refractivity contribution in [3.8, 4) is 0 Å². The van der Waals surface area contributed by atoms with Crippen molar-refractivity contribution < 1.29 is 18.8 Å². The number of aliphatic hydroxyl groups is 1. The Hall–Kier alpha value is -1.34. The number of rotatable bonds is 5. The minimum Gasteiger partial charge on any atom is -0.387 e. The lowest BCUT2D eigenvalue weighted by molar-refractivity contribution is -0.137. The Kier molecular flexibility index (Phi) is 4.62. The summed E-state index contributed by atoms with van der Waals surface area (Å²) >= 11 is 0. The number of Topliss-reactive ketones (excluding diaryl/α,β-unsaturated/α-hetero) is 1. The maximum Gasteiger partial charge on any atom is 0.171 e. The highest BCUT2D eigenvalue weighted by molar-refractivity contribution is 5.81. The first-order valence-electron chi connectivity index (χ1n) is 13.6. The number of methoxy groups -OCH3 is 1. The van der Waals surface area contributed by atoms with Crippen LogP contribution in [-0.4, -0.2) is 50.4 Å². The van der Waals surface area contributed by atoms with Crippen molar-refractivity contribution in [3.05, 3.63) is 5.82 Å². The van der Waals surface area contributed by atoms with Crippen molar-refractivity contribution >= 4 is 5.78 Å². The third kappa shape index (κ3) is 3.65. The number of carbonyl (C=O) groups excluding carboxylic acids is 1. The number of carbonyl (C=O) groups is 1. The lowest BCUT2D eigenvalue weighted by Crippen LogP contribution is -2.52. The van der Waals surface area contributed by atoms with Crippen LogP contribution in [0.3, 0.4) is 0 Å². The number of tetrazole rings is 1. The molecule has 4 aliphatic carbocycles. The van der Waals surface area contributed by atoms with Gasteiger partial charge in [0.2, 0.25) is 0 Å². The minimum atomic E-state index is -2.42. The molecule has 0 amide bonds. The van der Waals surface area contributed by atoms with Gasteiger partial charge in [-0.2, -0.15) is 4.80 Å². The molecule has 172 valence electrons. The van der Waals surface area contributed by atoms with Gasteiger partial charge in [-0.3, -0.25) is 4.79 Å². The Labute approximate surface area is 189 Å². The van der Waals surface area contributed by atoms with E-state index in [1.807, 2.05) is 0 Å². The highest BCUT2D eigenvalue weighted by Crippen LogP contribution is 2.64. The summed E-state index contributed by atoms with van der Waals surface area (Å²) in [5, 5.41) is 22.3. The lowest BCUT2D eigenvalue weighted by Gasteiger charge is -2.57. The molecule has 0 unspecified atom stereocenters. The van der Waals surface area contributed by atoms with E-state index in [0.717, 1.165) is 49.7 Å². The van der Waals surface area contributed by atoms with Crippen molar-refractivity contribution in [2.45, 2.75) is 83.7 Å². The van der Waals surface area contributed by atoms with Crippen molar-refractivity contribution in [2.75, 3.05) is 13.7 Å². The Bertz CT molecular complexity index is 924. The van der Waals surface area contributed by atoms with Gasteiger partial charge in [0.25, 0.3) is 0 Å². The Morgan fingerprint density at radius 1 is 1.19 bits per heavy atom. The van der Waals surface area contributed by atoms with Gasteiger partial charge in [0.15, 0.2) is 11.6 Å². The molecular weight excluding hydrogens is 392 g/mol. The average molecular weight is 434 g/mol. The van der Waals surface area contributed by atoms with Crippen molar-refractivity contribution in [1.29, 1.82) is 0 Å². The molecule has 1 heterocycles. The third-order valence-electron chi connectivity index (χ3n) is 9.66. The monoisotopic (exact) mass is 433 g/mol. The van der Waals surface area contributed by atoms with Crippen molar-refractivity contribution in [3.63, 3.8) is 0 Å². The van der Waals surface area contributed by atoms with E-state index >= 15 is 0 Å². The zero-order chi connectivity index (χ0) is 24.3. The van der Waals surface area contributed by atoms with Gasteiger partial charge in [-0.05, 0) is 105 Å². The fourth-order valence-electron chi connectivity index (χ4n) is 8.45. The SMILES string of the molecule is [2H]C([2H])([2H])c1nnn(CC(=O)[C@H]2CC[C@H]3[C@@H]4CC[C@H]5C[C@@](O)(COC)CC[C@@H]5[C@H]4CC[C@]23C)n1. The van der Waals surface area contributed by atoms with Gasteiger partial charge in [0.05, 0.1) is 12.2 Å². The number of fused-ring (bicyclic) bond motifs is 5. The van der Waals surface area contributed by atoms with E-state index in [9.17, 15) is 9.90 Å². The number of ether oxygens (including phenoxy) is 1. The van der Waals surface area contributed by atoms with Gasteiger partial charge in [-0.25, -0.2) is 0 Å². The molecule has 7 nitrogen and oxygen atoms in total. The fourth-order valence-corrected chi connectivity index (χ4v) is 8.45. The highest BCUT2D eigenvalue weighted by Gasteiger charge is 2.59. The molecule has 0 aromatic carbocycles. The van der Waals surface area contributed by atoms with Gasteiger partial charge >= 0.3 is 0 Å². The summed E-state index contributed by atoms with van der Waals surface area (Å²) in [6.45, 7) is 0.327. The van der Waals surface area contributed by atoms with Crippen LogP contribution in [0.4, 0.5) is 0 Å². The molecule has 5 rings (SSSR count). The Balaban J connectivity index is 1.27. The molecule has 4 fully saturated rings. The maximum absolute atomic E-state index is 13.3. The number of aryl methyl sites for hydroxylation is 1. The smallest absolute Gasteiger partial charge is 0.171 e. The predicted molar refractivity (Wildman–Crippen MR) is 115 cm³/mol. The highest BCUT2D eigenvalue weighted by atomic mass is 16.5. The molecule has 0 radical (unpaired) electrons. The molecule has 7 heteroatoms. The van der Waals surface area contributed by atoms with Crippen LogP contribution >= 0.6 is 0 Å².